The van der Waals surface area contributed by atoms with E-state index < -0.39 is 12.1 Å². The minimum Gasteiger partial charge on any atom is -0.370 e. The summed E-state index contributed by atoms with van der Waals surface area (Å²) in [5, 5.41) is 9.79. The van der Waals surface area contributed by atoms with Crippen LogP contribution in [0, 0.1) is 17.8 Å². The summed E-state index contributed by atoms with van der Waals surface area (Å²) in [6.45, 7) is 1.85. The molecule has 2 amide bonds. The first-order valence-corrected chi connectivity index (χ1v) is 16.7. The Balaban J connectivity index is 1.14. The van der Waals surface area contributed by atoms with Crippen LogP contribution in [-0.2, 0) is 20.6 Å². The van der Waals surface area contributed by atoms with Crippen LogP contribution in [0.3, 0.4) is 0 Å². The molecule has 15 heteroatoms. The largest absolute Gasteiger partial charge is 0.391 e. The van der Waals surface area contributed by atoms with Gasteiger partial charge in [0.2, 0.25) is 5.95 Å². The predicted molar refractivity (Wildman–Crippen MR) is 178 cm³/mol. The molecule has 0 bridgehead atoms. The maximum absolute atomic E-state index is 13.7. The number of hydrogen-bond donors (Lipinski definition) is 3. The lowest BCUT2D eigenvalue weighted by Gasteiger charge is -2.31. The molecule has 4 aromatic rings. The molecule has 2 saturated carbocycles. The number of amides is 2. The van der Waals surface area contributed by atoms with Crippen LogP contribution in [-0.4, -0.2) is 56.2 Å². The fourth-order valence-corrected chi connectivity index (χ4v) is 7.54. The Bertz CT molecular complexity index is 1890. The van der Waals surface area contributed by atoms with Gasteiger partial charge in [-0.25, -0.2) is 9.97 Å². The molecule has 2 aromatic heterocycles. The van der Waals surface area contributed by atoms with Crippen molar-refractivity contribution in [3.05, 3.63) is 63.7 Å². The number of aryl methyl sites for hydroxylation is 2. The molecule has 1 aliphatic heterocycles. The number of piperidine rings is 1. The molecule has 3 N–H and O–H groups in total. The maximum Gasteiger partial charge on any atom is 0.391 e. The van der Waals surface area contributed by atoms with E-state index in [1.807, 2.05) is 17.7 Å². The highest BCUT2D eigenvalue weighted by Gasteiger charge is 2.46. The molecule has 3 aliphatic rings. The summed E-state index contributed by atoms with van der Waals surface area (Å²) in [7, 11) is 3.58. The maximum atomic E-state index is 13.7. The highest BCUT2D eigenvalue weighted by atomic mass is 35.5. The first-order valence-electron chi connectivity index (χ1n) is 16.0. The number of alkyl halides is 3. The van der Waals surface area contributed by atoms with Crippen molar-refractivity contribution < 1.29 is 22.8 Å². The highest BCUT2D eigenvalue weighted by Crippen LogP contribution is 2.47. The molecule has 3 fully saturated rings. The predicted octanol–water partition coefficient (Wildman–Crippen LogP) is 6.59. The van der Waals surface area contributed by atoms with Gasteiger partial charge in [0.05, 0.1) is 56.5 Å². The summed E-state index contributed by atoms with van der Waals surface area (Å²) >= 11 is 13.4. The third kappa shape index (κ3) is 6.29. The Hall–Kier alpha value is -3.97. The van der Waals surface area contributed by atoms with Crippen LogP contribution in [0.15, 0.2) is 36.8 Å². The number of hydrogen-bond acceptors (Lipinski definition) is 6. The number of carbonyl (C=O) groups is 2. The van der Waals surface area contributed by atoms with Crippen LogP contribution in [0.2, 0.25) is 10.0 Å². The van der Waals surface area contributed by atoms with Crippen LogP contribution >= 0.6 is 23.2 Å². The standard InChI is InChI=1S/C33H35Cl2F3N8O2/c1-44-16-39-13-27(44)31(48)40-12-17-3-8-23(34)29(28(17)35)43-32-42-24-10-22(30(47)41-21-6-4-20(5-7-21)33(36,37)38)25(11-26(24)45(32)2)46-14-18-9-19(18)15-46/h3,8,10-11,13,16,18-21H,4-7,9,12,14-15H2,1-2H3,(H,40,48)(H,41,47)(H,42,43). The molecule has 2 aromatic carbocycles. The number of rotatable bonds is 8. The Morgan fingerprint density at radius 3 is 2.42 bits per heavy atom. The number of fused-ring (bicyclic) bond motifs is 2. The van der Waals surface area contributed by atoms with Gasteiger partial charge < -0.3 is 30.0 Å². The molecule has 3 heterocycles. The summed E-state index contributed by atoms with van der Waals surface area (Å²) in [6, 6.07) is 6.82. The van der Waals surface area contributed by atoms with Crippen molar-refractivity contribution in [2.75, 3.05) is 23.3 Å². The Labute approximate surface area is 285 Å². The molecule has 48 heavy (non-hydrogen) atoms. The molecule has 2 unspecified atom stereocenters. The number of halogens is 5. The average Bonchev–Trinajstić information content (AvgIpc) is 3.32. The van der Waals surface area contributed by atoms with Crippen molar-refractivity contribution in [3.63, 3.8) is 0 Å². The van der Waals surface area contributed by atoms with E-state index in [1.165, 1.54) is 12.6 Å². The van der Waals surface area contributed by atoms with Gasteiger partial charge in [-0.15, -0.1) is 0 Å². The van der Waals surface area contributed by atoms with Gasteiger partial charge in [-0.05, 0) is 67.7 Å². The molecule has 7 rings (SSSR count). The lowest BCUT2D eigenvalue weighted by atomic mass is 9.85. The minimum atomic E-state index is -4.21. The van der Waals surface area contributed by atoms with E-state index >= 15 is 0 Å². The minimum absolute atomic E-state index is 0.00811. The third-order valence-corrected chi connectivity index (χ3v) is 10.7. The Morgan fingerprint density at radius 1 is 1.02 bits per heavy atom. The molecule has 10 nitrogen and oxygen atoms in total. The van der Waals surface area contributed by atoms with Crippen molar-refractivity contribution in [1.82, 2.24) is 29.7 Å². The fourth-order valence-electron chi connectivity index (χ4n) is 7.01. The molecule has 0 radical (unpaired) electrons. The number of imidazole rings is 2. The Morgan fingerprint density at radius 2 is 1.75 bits per heavy atom. The fraction of sp³-hybridized carbons (Fsp3) is 0.455. The average molecular weight is 704 g/mol. The van der Waals surface area contributed by atoms with Crippen molar-refractivity contribution in [2.45, 2.75) is 50.9 Å². The summed E-state index contributed by atoms with van der Waals surface area (Å²) < 4.78 is 43.2. The number of nitrogens with zero attached hydrogens (tertiary/aromatic N) is 5. The summed E-state index contributed by atoms with van der Waals surface area (Å²) in [5.41, 5.74) is 4.03. The number of carbonyl (C=O) groups excluding carboxylic acids is 2. The zero-order valence-electron chi connectivity index (χ0n) is 26.4. The molecule has 1 saturated heterocycles. The van der Waals surface area contributed by atoms with Crippen LogP contribution in [0.1, 0.15) is 58.5 Å². The first kappa shape index (κ1) is 32.6. The van der Waals surface area contributed by atoms with Gasteiger partial charge in [0.1, 0.15) is 5.69 Å². The van der Waals surface area contributed by atoms with Crippen LogP contribution in [0.4, 0.5) is 30.5 Å². The smallest absolute Gasteiger partial charge is 0.370 e. The quantitative estimate of drug-likeness (QED) is 0.191. The second kappa shape index (κ2) is 12.5. The summed E-state index contributed by atoms with van der Waals surface area (Å²) in [5.74, 6) is -0.266. The lowest BCUT2D eigenvalue weighted by Crippen LogP contribution is -2.40. The van der Waals surface area contributed by atoms with Crippen LogP contribution < -0.4 is 20.9 Å². The molecule has 0 spiro atoms. The van der Waals surface area contributed by atoms with E-state index in [0.29, 0.717) is 55.9 Å². The second-order valence-corrected chi connectivity index (χ2v) is 14.0. The van der Waals surface area contributed by atoms with E-state index in [-0.39, 0.29) is 50.1 Å². The number of nitrogens with one attached hydrogen (secondary N) is 3. The van der Waals surface area contributed by atoms with Crippen molar-refractivity contribution in [2.24, 2.45) is 31.8 Å². The van der Waals surface area contributed by atoms with Gasteiger partial charge in [0.25, 0.3) is 11.8 Å². The van der Waals surface area contributed by atoms with E-state index in [9.17, 15) is 22.8 Å². The van der Waals surface area contributed by atoms with Gasteiger partial charge in [-0.1, -0.05) is 29.3 Å². The van der Waals surface area contributed by atoms with E-state index in [1.54, 1.807) is 36.1 Å². The molecule has 254 valence electrons. The molecule has 2 aliphatic carbocycles. The number of benzene rings is 2. The third-order valence-electron chi connectivity index (χ3n) is 9.98. The molecule has 2 atom stereocenters. The van der Waals surface area contributed by atoms with E-state index in [0.717, 1.165) is 24.3 Å². The Kier molecular flexibility index (Phi) is 8.47. The number of aromatic nitrogens is 4. The summed E-state index contributed by atoms with van der Waals surface area (Å²) in [6.07, 6.45) is 0.590. The van der Waals surface area contributed by atoms with E-state index in [4.69, 9.17) is 28.2 Å². The van der Waals surface area contributed by atoms with Gasteiger partial charge in [-0.3, -0.25) is 9.59 Å². The van der Waals surface area contributed by atoms with Crippen LogP contribution in [0.5, 0.6) is 0 Å². The van der Waals surface area contributed by atoms with Crippen molar-refractivity contribution in [3.8, 4) is 0 Å². The van der Waals surface area contributed by atoms with Crippen LogP contribution in [0.25, 0.3) is 11.0 Å². The lowest BCUT2D eigenvalue weighted by molar-refractivity contribution is -0.182. The van der Waals surface area contributed by atoms with Gasteiger partial charge >= 0.3 is 6.18 Å². The SMILES string of the molecule is Cn1cncc1C(=O)NCc1ccc(Cl)c(Nc2nc3cc(C(=O)NC4CCC(C(F)(F)F)CC4)c(N4CC5CC5C4)cc3n2C)c1Cl. The molecular weight excluding hydrogens is 668 g/mol. The van der Waals surface area contributed by atoms with Gasteiger partial charge in [0, 0.05) is 39.8 Å². The van der Waals surface area contributed by atoms with Crippen molar-refractivity contribution in [1.29, 1.82) is 0 Å². The monoisotopic (exact) mass is 702 g/mol. The summed E-state index contributed by atoms with van der Waals surface area (Å²) in [4.78, 5) is 37.4. The first-order chi connectivity index (χ1) is 22.9. The number of anilines is 3. The normalized spacial score (nSPS) is 22.1. The zero-order valence-corrected chi connectivity index (χ0v) is 27.9. The van der Waals surface area contributed by atoms with Crippen molar-refractivity contribution >= 4 is 63.4 Å². The highest BCUT2D eigenvalue weighted by molar-refractivity contribution is 6.39. The molecular formula is C33H35Cl2F3N8O2. The van der Waals surface area contributed by atoms with Gasteiger partial charge in [0.15, 0.2) is 0 Å². The topological polar surface area (TPSA) is 109 Å². The second-order valence-electron chi connectivity index (χ2n) is 13.2. The zero-order chi connectivity index (χ0) is 33.9. The van der Waals surface area contributed by atoms with Gasteiger partial charge in [-0.2, -0.15) is 13.2 Å². The van der Waals surface area contributed by atoms with E-state index in [2.05, 4.69) is 25.8 Å².